The molecule has 0 bridgehead atoms. The zero-order valence-electron chi connectivity index (χ0n) is 22.9. The van der Waals surface area contributed by atoms with Gasteiger partial charge in [-0.05, 0) is 35.4 Å². The SMILES string of the molecule is COc1ccc(COC2C3OC(c4ccccc4)OCC3OC(Sc3ccccc3)C2OCc2ccccc2)cc1. The molecule has 41 heavy (non-hydrogen) atoms. The maximum atomic E-state index is 6.73. The Balaban J connectivity index is 1.29. The molecule has 6 unspecified atom stereocenters. The summed E-state index contributed by atoms with van der Waals surface area (Å²) in [6.45, 7) is 1.22. The Hall–Kier alpha value is -3.17. The van der Waals surface area contributed by atoms with E-state index < -0.39 is 18.5 Å². The maximum absolute atomic E-state index is 6.73. The molecule has 4 aromatic carbocycles. The molecule has 0 aliphatic carbocycles. The monoisotopic (exact) mass is 570 g/mol. The first-order valence-corrected chi connectivity index (χ1v) is 14.7. The van der Waals surface area contributed by atoms with E-state index in [9.17, 15) is 0 Å². The quantitative estimate of drug-likeness (QED) is 0.208. The van der Waals surface area contributed by atoms with Crippen molar-refractivity contribution in [3.63, 3.8) is 0 Å². The first-order chi connectivity index (χ1) is 20.3. The molecule has 2 heterocycles. The summed E-state index contributed by atoms with van der Waals surface area (Å²) in [7, 11) is 1.67. The van der Waals surface area contributed by atoms with Crippen LogP contribution in [-0.4, -0.2) is 43.6 Å². The van der Waals surface area contributed by atoms with E-state index in [4.69, 9.17) is 28.4 Å². The van der Waals surface area contributed by atoms with Crippen LogP contribution in [0, 0.1) is 0 Å². The van der Waals surface area contributed by atoms with Gasteiger partial charge >= 0.3 is 0 Å². The zero-order valence-corrected chi connectivity index (χ0v) is 23.7. The van der Waals surface area contributed by atoms with Crippen LogP contribution < -0.4 is 4.74 Å². The molecule has 6 rings (SSSR count). The number of fused-ring (bicyclic) bond motifs is 1. The molecule has 0 radical (unpaired) electrons. The van der Waals surface area contributed by atoms with Gasteiger partial charge in [-0.25, -0.2) is 0 Å². The minimum absolute atomic E-state index is 0.311. The lowest BCUT2D eigenvalue weighted by Crippen LogP contribution is -2.62. The van der Waals surface area contributed by atoms with Gasteiger partial charge in [-0.3, -0.25) is 0 Å². The Labute approximate surface area is 245 Å². The van der Waals surface area contributed by atoms with Gasteiger partial charge in [0.05, 0.1) is 26.9 Å². The van der Waals surface area contributed by atoms with E-state index in [1.807, 2.05) is 91.0 Å². The average Bonchev–Trinajstić information content (AvgIpc) is 3.04. The van der Waals surface area contributed by atoms with Crippen molar-refractivity contribution >= 4 is 11.8 Å². The molecule has 0 saturated carbocycles. The van der Waals surface area contributed by atoms with Crippen molar-refractivity contribution in [2.24, 2.45) is 0 Å². The van der Waals surface area contributed by atoms with Crippen molar-refractivity contribution in [1.29, 1.82) is 0 Å². The van der Waals surface area contributed by atoms with Gasteiger partial charge in [0.15, 0.2) is 6.29 Å². The van der Waals surface area contributed by atoms with Gasteiger partial charge in [0.1, 0.15) is 35.6 Å². The number of benzene rings is 4. The first kappa shape index (κ1) is 28.0. The summed E-state index contributed by atoms with van der Waals surface area (Å²) in [5.74, 6) is 0.807. The molecule has 212 valence electrons. The van der Waals surface area contributed by atoms with Crippen LogP contribution in [0.2, 0.25) is 0 Å². The van der Waals surface area contributed by atoms with Gasteiger partial charge in [-0.2, -0.15) is 0 Å². The molecule has 4 aromatic rings. The number of ether oxygens (including phenoxy) is 6. The summed E-state index contributed by atoms with van der Waals surface area (Å²) in [6, 6.07) is 38.3. The zero-order chi connectivity index (χ0) is 27.9. The smallest absolute Gasteiger partial charge is 0.184 e. The maximum Gasteiger partial charge on any atom is 0.184 e. The van der Waals surface area contributed by atoms with Crippen molar-refractivity contribution in [3.05, 3.63) is 132 Å². The summed E-state index contributed by atoms with van der Waals surface area (Å²) in [5.41, 5.74) is 2.75. The van der Waals surface area contributed by atoms with E-state index in [2.05, 4.69) is 24.3 Å². The topological polar surface area (TPSA) is 55.4 Å². The van der Waals surface area contributed by atoms with Crippen LogP contribution in [0.25, 0.3) is 0 Å². The first-order valence-electron chi connectivity index (χ1n) is 13.9. The molecule has 0 amide bonds. The fraction of sp³-hybridized carbons (Fsp3) is 0.294. The van der Waals surface area contributed by atoms with Crippen LogP contribution in [0.4, 0.5) is 0 Å². The molecule has 2 aliphatic rings. The molecule has 2 aliphatic heterocycles. The molecule has 0 spiro atoms. The molecule has 6 atom stereocenters. The highest BCUT2D eigenvalue weighted by molar-refractivity contribution is 7.99. The van der Waals surface area contributed by atoms with Gasteiger partial charge in [0.25, 0.3) is 0 Å². The van der Waals surface area contributed by atoms with Gasteiger partial charge in [-0.1, -0.05) is 103 Å². The standard InChI is InChI=1S/C34H34O6S/c1-35-27-19-17-25(18-20-27)22-36-31-30-29(23-38-33(40-30)26-13-7-3-8-14-26)39-34(41-28-15-9-4-10-16-28)32(31)37-21-24-11-5-2-6-12-24/h2-20,29-34H,21-23H2,1H3. The molecular weight excluding hydrogens is 536 g/mol. The predicted octanol–water partition coefficient (Wildman–Crippen LogP) is 6.80. The third-order valence-corrected chi connectivity index (χ3v) is 8.39. The Bertz CT molecular complexity index is 1340. The van der Waals surface area contributed by atoms with Crippen LogP contribution in [-0.2, 0) is 36.9 Å². The predicted molar refractivity (Wildman–Crippen MR) is 158 cm³/mol. The van der Waals surface area contributed by atoms with Crippen LogP contribution in [0.3, 0.4) is 0 Å². The second-order valence-corrected chi connectivity index (χ2v) is 11.2. The molecule has 2 fully saturated rings. The van der Waals surface area contributed by atoms with Gasteiger partial charge in [0.2, 0.25) is 0 Å². The largest absolute Gasteiger partial charge is 0.497 e. The number of hydrogen-bond donors (Lipinski definition) is 0. The average molecular weight is 571 g/mol. The van der Waals surface area contributed by atoms with Gasteiger partial charge in [0, 0.05) is 10.5 Å². The summed E-state index contributed by atoms with van der Waals surface area (Å²) in [4.78, 5) is 1.10. The lowest BCUT2D eigenvalue weighted by atomic mass is 9.98. The van der Waals surface area contributed by atoms with E-state index in [1.54, 1.807) is 18.9 Å². The number of rotatable bonds is 10. The second-order valence-electron chi connectivity index (χ2n) is 10.0. The highest BCUT2D eigenvalue weighted by Gasteiger charge is 2.51. The minimum atomic E-state index is -0.513. The Morgan fingerprint density at radius 1 is 0.683 bits per heavy atom. The Kier molecular flexibility index (Phi) is 9.32. The van der Waals surface area contributed by atoms with Crippen molar-refractivity contribution in [3.8, 4) is 5.75 Å². The van der Waals surface area contributed by atoms with E-state index in [0.717, 1.165) is 27.3 Å². The Morgan fingerprint density at radius 2 is 1.29 bits per heavy atom. The lowest BCUT2D eigenvalue weighted by Gasteiger charge is -2.49. The van der Waals surface area contributed by atoms with E-state index in [-0.39, 0.29) is 17.6 Å². The Morgan fingerprint density at radius 3 is 1.98 bits per heavy atom. The van der Waals surface area contributed by atoms with Crippen LogP contribution in [0.5, 0.6) is 5.75 Å². The summed E-state index contributed by atoms with van der Waals surface area (Å²) in [6.07, 6.45) is -2.03. The van der Waals surface area contributed by atoms with Crippen LogP contribution in [0.15, 0.2) is 120 Å². The lowest BCUT2D eigenvalue weighted by molar-refractivity contribution is -0.329. The molecule has 7 heteroatoms. The van der Waals surface area contributed by atoms with Crippen molar-refractivity contribution in [2.75, 3.05) is 13.7 Å². The molecular formula is C34H34O6S. The second kappa shape index (κ2) is 13.7. The normalized spacial score (nSPS) is 25.8. The molecule has 6 nitrogen and oxygen atoms in total. The number of hydrogen-bond acceptors (Lipinski definition) is 7. The molecule has 0 aromatic heterocycles. The number of thioether (sulfide) groups is 1. The van der Waals surface area contributed by atoms with Gasteiger partial charge in [-0.15, -0.1) is 0 Å². The third kappa shape index (κ3) is 7.01. The summed E-state index contributed by atoms with van der Waals surface area (Å²) >= 11 is 1.64. The minimum Gasteiger partial charge on any atom is -0.497 e. The van der Waals surface area contributed by atoms with Crippen molar-refractivity contribution < 1.29 is 28.4 Å². The van der Waals surface area contributed by atoms with Crippen LogP contribution >= 0.6 is 11.8 Å². The fourth-order valence-corrected chi connectivity index (χ4v) is 6.25. The van der Waals surface area contributed by atoms with Crippen LogP contribution in [0.1, 0.15) is 23.0 Å². The highest BCUT2D eigenvalue weighted by Crippen LogP contribution is 2.41. The third-order valence-electron chi connectivity index (χ3n) is 7.24. The van der Waals surface area contributed by atoms with E-state index in [1.165, 1.54) is 0 Å². The van der Waals surface area contributed by atoms with Crippen molar-refractivity contribution in [2.45, 2.75) is 54.3 Å². The van der Waals surface area contributed by atoms with E-state index >= 15 is 0 Å². The highest BCUT2D eigenvalue weighted by atomic mass is 32.2. The van der Waals surface area contributed by atoms with Crippen molar-refractivity contribution in [1.82, 2.24) is 0 Å². The van der Waals surface area contributed by atoms with Gasteiger partial charge < -0.3 is 28.4 Å². The fourth-order valence-electron chi connectivity index (χ4n) is 5.10. The van der Waals surface area contributed by atoms with E-state index in [0.29, 0.717) is 19.8 Å². The molecule has 0 N–H and O–H groups in total. The summed E-state index contributed by atoms with van der Waals surface area (Å²) in [5, 5.41) is 0. The molecule has 2 saturated heterocycles. The number of methoxy groups -OCH3 is 1. The summed E-state index contributed by atoms with van der Waals surface area (Å²) < 4.78 is 38.2.